The lowest BCUT2D eigenvalue weighted by molar-refractivity contribution is -0.384. The molecule has 122 valence electrons. The fraction of sp³-hybridized carbons (Fsp3) is 0.250. The maximum Gasteiger partial charge on any atom is 0.295 e. The number of halogens is 1. The summed E-state index contributed by atoms with van der Waals surface area (Å²) in [5, 5.41) is 14.1. The van der Waals surface area contributed by atoms with Crippen molar-refractivity contribution >= 4 is 11.4 Å². The second-order valence-corrected chi connectivity index (χ2v) is 4.89. The third-order valence-electron chi connectivity index (χ3n) is 3.43. The van der Waals surface area contributed by atoms with E-state index in [2.05, 4.69) is 5.32 Å². The van der Waals surface area contributed by atoms with Crippen LogP contribution in [0.15, 0.2) is 36.4 Å². The number of rotatable bonds is 6. The Kier molecular flexibility index (Phi) is 5.00. The maximum atomic E-state index is 13.2. The Morgan fingerprint density at radius 2 is 1.91 bits per heavy atom. The summed E-state index contributed by atoms with van der Waals surface area (Å²) in [7, 11) is 3.09. The maximum absolute atomic E-state index is 13.2. The fourth-order valence-electron chi connectivity index (χ4n) is 2.27. The van der Waals surface area contributed by atoms with Gasteiger partial charge in [0, 0.05) is 5.56 Å². The molecule has 2 aromatic rings. The van der Waals surface area contributed by atoms with Gasteiger partial charge in [-0.3, -0.25) is 10.1 Å². The number of nitro groups is 1. The van der Waals surface area contributed by atoms with Crippen molar-refractivity contribution in [2.24, 2.45) is 0 Å². The molecular weight excluding hydrogens is 303 g/mol. The van der Waals surface area contributed by atoms with Gasteiger partial charge in [-0.2, -0.15) is 0 Å². The zero-order valence-electron chi connectivity index (χ0n) is 13.0. The highest BCUT2D eigenvalue weighted by molar-refractivity contribution is 5.62. The molecule has 6 nitrogen and oxygen atoms in total. The molecule has 0 saturated heterocycles. The van der Waals surface area contributed by atoms with Gasteiger partial charge in [0.05, 0.1) is 31.3 Å². The lowest BCUT2D eigenvalue weighted by Crippen LogP contribution is -2.10. The van der Waals surface area contributed by atoms with Crippen molar-refractivity contribution in [2.75, 3.05) is 19.5 Å². The number of nitrogens with one attached hydrogen (secondary N) is 1. The van der Waals surface area contributed by atoms with E-state index in [0.717, 1.165) is 11.6 Å². The Morgan fingerprint density at radius 1 is 1.17 bits per heavy atom. The molecular formula is C16H17FN2O4. The summed E-state index contributed by atoms with van der Waals surface area (Å²) >= 11 is 0. The van der Waals surface area contributed by atoms with E-state index < -0.39 is 10.7 Å². The topological polar surface area (TPSA) is 73.6 Å². The molecule has 1 unspecified atom stereocenters. The molecule has 0 saturated carbocycles. The van der Waals surface area contributed by atoms with Gasteiger partial charge in [-0.25, -0.2) is 4.39 Å². The van der Waals surface area contributed by atoms with Gasteiger partial charge in [-0.15, -0.1) is 0 Å². The predicted octanol–water partition coefficient (Wildman–Crippen LogP) is 3.92. The number of nitro benzene ring substituents is 1. The van der Waals surface area contributed by atoms with E-state index in [0.29, 0.717) is 11.5 Å². The van der Waals surface area contributed by atoms with Gasteiger partial charge in [0.15, 0.2) is 0 Å². The minimum Gasteiger partial charge on any atom is -0.497 e. The summed E-state index contributed by atoms with van der Waals surface area (Å²) in [6, 6.07) is 8.38. The molecule has 0 heterocycles. The van der Waals surface area contributed by atoms with E-state index in [1.54, 1.807) is 32.4 Å². The lowest BCUT2D eigenvalue weighted by Gasteiger charge is -2.19. The monoisotopic (exact) mass is 320 g/mol. The van der Waals surface area contributed by atoms with Crippen molar-refractivity contribution in [3.8, 4) is 11.5 Å². The number of nitrogens with zero attached hydrogens (tertiary/aromatic N) is 1. The summed E-state index contributed by atoms with van der Waals surface area (Å²) < 4.78 is 23.7. The first kappa shape index (κ1) is 16.5. The quantitative estimate of drug-likeness (QED) is 0.645. The number of hydrogen-bond donors (Lipinski definition) is 1. The SMILES string of the molecule is COc1ccc(OC)c(C(C)Nc2ccc(F)cc2[N+](=O)[O-])c1. The Labute approximate surface area is 133 Å². The van der Waals surface area contributed by atoms with Crippen molar-refractivity contribution in [1.82, 2.24) is 0 Å². The van der Waals surface area contributed by atoms with Crippen molar-refractivity contribution in [1.29, 1.82) is 0 Å². The summed E-state index contributed by atoms with van der Waals surface area (Å²) in [5.74, 6) is 0.604. The molecule has 2 aromatic carbocycles. The third kappa shape index (κ3) is 3.68. The molecule has 0 amide bonds. The Hall–Kier alpha value is -2.83. The smallest absolute Gasteiger partial charge is 0.295 e. The molecule has 0 aliphatic heterocycles. The van der Waals surface area contributed by atoms with Crippen LogP contribution in [0.3, 0.4) is 0 Å². The number of benzene rings is 2. The van der Waals surface area contributed by atoms with Gasteiger partial charge in [0.25, 0.3) is 5.69 Å². The van der Waals surface area contributed by atoms with Gasteiger partial charge in [0.2, 0.25) is 0 Å². The summed E-state index contributed by atoms with van der Waals surface area (Å²) in [5.41, 5.74) is 0.679. The number of anilines is 1. The molecule has 7 heteroatoms. The minimum absolute atomic E-state index is 0.230. The van der Waals surface area contributed by atoms with Crippen LogP contribution in [0.2, 0.25) is 0 Å². The molecule has 0 spiro atoms. The second-order valence-electron chi connectivity index (χ2n) is 4.89. The average molecular weight is 320 g/mol. The Bertz CT molecular complexity index is 721. The van der Waals surface area contributed by atoms with Crippen molar-refractivity contribution < 1.29 is 18.8 Å². The third-order valence-corrected chi connectivity index (χ3v) is 3.43. The number of methoxy groups -OCH3 is 2. The van der Waals surface area contributed by atoms with Crippen molar-refractivity contribution in [3.63, 3.8) is 0 Å². The summed E-state index contributed by atoms with van der Waals surface area (Å²) in [6.07, 6.45) is 0. The van der Waals surface area contributed by atoms with Crippen LogP contribution in [0.5, 0.6) is 11.5 Å². The molecule has 1 N–H and O–H groups in total. The first-order valence-corrected chi connectivity index (χ1v) is 6.88. The first-order chi connectivity index (χ1) is 11.0. The van der Waals surface area contributed by atoms with E-state index in [1.807, 2.05) is 6.92 Å². The largest absolute Gasteiger partial charge is 0.497 e. The highest BCUT2D eigenvalue weighted by Crippen LogP contribution is 2.34. The van der Waals surface area contributed by atoms with Gasteiger partial charge in [0.1, 0.15) is 23.0 Å². The lowest BCUT2D eigenvalue weighted by atomic mass is 10.1. The van der Waals surface area contributed by atoms with Crippen LogP contribution < -0.4 is 14.8 Å². The highest BCUT2D eigenvalue weighted by Gasteiger charge is 2.19. The highest BCUT2D eigenvalue weighted by atomic mass is 19.1. The number of hydrogen-bond acceptors (Lipinski definition) is 5. The Morgan fingerprint density at radius 3 is 2.52 bits per heavy atom. The van der Waals surface area contributed by atoms with Gasteiger partial charge >= 0.3 is 0 Å². The predicted molar refractivity (Wildman–Crippen MR) is 84.6 cm³/mol. The van der Waals surface area contributed by atoms with Gasteiger partial charge in [-0.05, 0) is 37.3 Å². The van der Waals surface area contributed by atoms with E-state index in [1.165, 1.54) is 12.1 Å². The van der Waals surface area contributed by atoms with Gasteiger partial charge in [-0.1, -0.05) is 0 Å². The molecule has 0 aliphatic carbocycles. The van der Waals surface area contributed by atoms with Crippen LogP contribution in [0.25, 0.3) is 0 Å². The van der Waals surface area contributed by atoms with Crippen LogP contribution in [0.1, 0.15) is 18.5 Å². The van der Waals surface area contributed by atoms with Crippen LogP contribution in [0, 0.1) is 15.9 Å². The zero-order chi connectivity index (χ0) is 17.0. The normalized spacial score (nSPS) is 11.7. The standard InChI is InChI=1S/C16H17FN2O4/c1-10(13-9-12(22-2)5-7-16(13)23-3)18-14-6-4-11(17)8-15(14)19(20)21/h4-10,18H,1-3H3. The summed E-state index contributed by atoms with van der Waals surface area (Å²) in [4.78, 5) is 10.4. The van der Waals surface area contributed by atoms with E-state index in [9.17, 15) is 14.5 Å². The zero-order valence-corrected chi connectivity index (χ0v) is 13.0. The van der Waals surface area contributed by atoms with Crippen molar-refractivity contribution in [2.45, 2.75) is 13.0 Å². The molecule has 2 rings (SSSR count). The first-order valence-electron chi connectivity index (χ1n) is 6.88. The second kappa shape index (κ2) is 6.95. The molecule has 0 bridgehead atoms. The van der Waals surface area contributed by atoms with Crippen LogP contribution in [-0.2, 0) is 0 Å². The van der Waals surface area contributed by atoms with Gasteiger partial charge < -0.3 is 14.8 Å². The molecule has 0 radical (unpaired) electrons. The minimum atomic E-state index is -0.658. The average Bonchev–Trinajstić information content (AvgIpc) is 2.55. The molecule has 0 aliphatic rings. The van der Waals surface area contributed by atoms with Crippen LogP contribution >= 0.6 is 0 Å². The molecule has 0 fully saturated rings. The number of ether oxygens (including phenoxy) is 2. The molecule has 0 aromatic heterocycles. The summed E-state index contributed by atoms with van der Waals surface area (Å²) in [6.45, 7) is 1.82. The molecule has 23 heavy (non-hydrogen) atoms. The molecule has 1 atom stereocenters. The van der Waals surface area contributed by atoms with E-state index in [4.69, 9.17) is 9.47 Å². The van der Waals surface area contributed by atoms with Crippen LogP contribution in [-0.4, -0.2) is 19.1 Å². The van der Waals surface area contributed by atoms with Crippen molar-refractivity contribution in [3.05, 3.63) is 57.9 Å². The Balaban J connectivity index is 2.36. The van der Waals surface area contributed by atoms with E-state index >= 15 is 0 Å². The van der Waals surface area contributed by atoms with Crippen LogP contribution in [0.4, 0.5) is 15.8 Å². The van der Waals surface area contributed by atoms with E-state index in [-0.39, 0.29) is 17.4 Å². The fourth-order valence-corrected chi connectivity index (χ4v) is 2.27.